The number of nitrogens with zero attached hydrogens (tertiary/aromatic N) is 2. The number of hydrogen-bond acceptors (Lipinski definition) is 6. The molecule has 0 aliphatic heterocycles. The third kappa shape index (κ3) is 7.72. The van der Waals surface area contributed by atoms with Crippen LogP contribution in [0, 0.1) is 0 Å². The summed E-state index contributed by atoms with van der Waals surface area (Å²) >= 11 is 19.0. The standard InChI is InChI=1S/C31H34Cl3N3O6S/c1-20(31(39)35-22-7-4-5-8-22)36(18-25-26(33)9-6-10-27(25)34)30(38)19-37(23-13-11-21(32)12-14-23)44(40,41)24-15-16-28(42-2)29(17-24)43-3/h6,9-17,20,22H,4-5,7-8,18-19H2,1-3H3,(H,35,39)/t20-/m0/s1. The Kier molecular flexibility index (Phi) is 11.3. The molecule has 13 heteroatoms. The number of methoxy groups -OCH3 is 2. The Bertz CT molecular complexity index is 1580. The van der Waals surface area contributed by atoms with Crippen molar-refractivity contribution in [3.8, 4) is 11.5 Å². The molecule has 9 nitrogen and oxygen atoms in total. The van der Waals surface area contributed by atoms with E-state index in [-0.39, 0.29) is 34.8 Å². The maximum absolute atomic E-state index is 14.2. The van der Waals surface area contributed by atoms with Crippen LogP contribution in [0.1, 0.15) is 38.2 Å². The topological polar surface area (TPSA) is 105 Å². The highest BCUT2D eigenvalue weighted by Crippen LogP contribution is 2.33. The van der Waals surface area contributed by atoms with Crippen molar-refractivity contribution in [3.63, 3.8) is 0 Å². The summed E-state index contributed by atoms with van der Waals surface area (Å²) < 4.78 is 39.9. The van der Waals surface area contributed by atoms with E-state index in [1.807, 2.05) is 0 Å². The van der Waals surface area contributed by atoms with Gasteiger partial charge in [0, 0.05) is 39.3 Å². The lowest BCUT2D eigenvalue weighted by Gasteiger charge is -2.33. The van der Waals surface area contributed by atoms with Crippen LogP contribution in [0.3, 0.4) is 0 Å². The summed E-state index contributed by atoms with van der Waals surface area (Å²) in [5.41, 5.74) is 0.627. The van der Waals surface area contributed by atoms with Crippen LogP contribution < -0.4 is 19.1 Å². The lowest BCUT2D eigenvalue weighted by atomic mass is 10.1. The lowest BCUT2D eigenvalue weighted by molar-refractivity contribution is -0.139. The fourth-order valence-electron chi connectivity index (χ4n) is 5.07. The zero-order chi connectivity index (χ0) is 32.0. The Balaban J connectivity index is 1.74. The minimum atomic E-state index is -4.35. The molecule has 3 aromatic rings. The van der Waals surface area contributed by atoms with E-state index in [0.29, 0.717) is 26.4 Å². The molecular weight excluding hydrogens is 649 g/mol. The molecule has 1 atom stereocenters. The van der Waals surface area contributed by atoms with Crippen LogP contribution in [-0.2, 0) is 26.2 Å². The van der Waals surface area contributed by atoms with E-state index in [4.69, 9.17) is 44.3 Å². The first kappa shape index (κ1) is 33.7. The maximum atomic E-state index is 14.2. The fraction of sp³-hybridized carbons (Fsp3) is 0.355. The van der Waals surface area contributed by atoms with Crippen LogP contribution in [0.15, 0.2) is 65.6 Å². The van der Waals surface area contributed by atoms with Gasteiger partial charge < -0.3 is 19.7 Å². The van der Waals surface area contributed by atoms with Crippen LogP contribution in [-0.4, -0.2) is 58.0 Å². The van der Waals surface area contributed by atoms with Gasteiger partial charge in [-0.15, -0.1) is 0 Å². The molecule has 3 aromatic carbocycles. The predicted molar refractivity (Wildman–Crippen MR) is 172 cm³/mol. The van der Waals surface area contributed by atoms with Crippen molar-refractivity contribution in [1.29, 1.82) is 0 Å². The summed E-state index contributed by atoms with van der Waals surface area (Å²) in [7, 11) is -1.52. The van der Waals surface area contributed by atoms with Crippen molar-refractivity contribution in [3.05, 3.63) is 81.3 Å². The van der Waals surface area contributed by atoms with Crippen LogP contribution >= 0.6 is 34.8 Å². The van der Waals surface area contributed by atoms with Gasteiger partial charge >= 0.3 is 0 Å². The third-order valence-corrected chi connectivity index (χ3v) is 10.3. The summed E-state index contributed by atoms with van der Waals surface area (Å²) in [4.78, 5) is 28.8. The molecule has 0 saturated heterocycles. The van der Waals surface area contributed by atoms with Gasteiger partial charge in [0.25, 0.3) is 10.0 Å². The van der Waals surface area contributed by atoms with Gasteiger partial charge in [-0.3, -0.25) is 13.9 Å². The van der Waals surface area contributed by atoms with Gasteiger partial charge in [-0.2, -0.15) is 0 Å². The fourth-order valence-corrected chi connectivity index (χ4v) is 7.14. The molecule has 0 radical (unpaired) electrons. The molecule has 0 bridgehead atoms. The lowest BCUT2D eigenvalue weighted by Crippen LogP contribution is -2.52. The van der Waals surface area contributed by atoms with E-state index in [0.717, 1.165) is 30.0 Å². The summed E-state index contributed by atoms with van der Waals surface area (Å²) in [6.45, 7) is 0.839. The molecule has 0 unspecified atom stereocenters. The van der Waals surface area contributed by atoms with Gasteiger partial charge in [-0.1, -0.05) is 53.7 Å². The Morgan fingerprint density at radius 2 is 1.55 bits per heavy atom. The molecule has 0 aromatic heterocycles. The van der Waals surface area contributed by atoms with Gasteiger partial charge in [0.15, 0.2) is 11.5 Å². The number of nitrogens with one attached hydrogen (secondary N) is 1. The average molecular weight is 683 g/mol. The minimum absolute atomic E-state index is 0.0156. The first-order valence-electron chi connectivity index (χ1n) is 14.0. The van der Waals surface area contributed by atoms with Crippen LogP contribution in [0.2, 0.25) is 15.1 Å². The number of amides is 2. The van der Waals surface area contributed by atoms with E-state index >= 15 is 0 Å². The third-order valence-electron chi connectivity index (χ3n) is 7.60. The molecular formula is C31H34Cl3N3O6S. The summed E-state index contributed by atoms with van der Waals surface area (Å²) in [6.07, 6.45) is 3.75. The van der Waals surface area contributed by atoms with Gasteiger partial charge in [0.1, 0.15) is 12.6 Å². The van der Waals surface area contributed by atoms with Crippen molar-refractivity contribution in [2.45, 2.75) is 56.1 Å². The number of anilines is 1. The quantitative estimate of drug-likeness (QED) is 0.239. The normalized spacial score (nSPS) is 14.1. The highest BCUT2D eigenvalue weighted by Gasteiger charge is 2.34. The van der Waals surface area contributed by atoms with E-state index in [2.05, 4.69) is 5.32 Å². The van der Waals surface area contributed by atoms with E-state index in [1.165, 1.54) is 61.6 Å². The zero-order valence-corrected chi connectivity index (χ0v) is 27.6. The minimum Gasteiger partial charge on any atom is -0.493 e. The van der Waals surface area contributed by atoms with E-state index in [1.54, 1.807) is 25.1 Å². The number of ether oxygens (including phenoxy) is 2. The number of hydrogen-bond donors (Lipinski definition) is 1. The number of carbonyl (C=O) groups is 2. The van der Waals surface area contributed by atoms with Crippen LogP contribution in [0.4, 0.5) is 5.69 Å². The number of sulfonamides is 1. The Morgan fingerprint density at radius 3 is 2.14 bits per heavy atom. The second-order valence-electron chi connectivity index (χ2n) is 10.4. The van der Waals surface area contributed by atoms with Crippen molar-refractivity contribution < 1.29 is 27.5 Å². The molecule has 0 spiro atoms. The number of rotatable bonds is 12. The van der Waals surface area contributed by atoms with Gasteiger partial charge in [-0.25, -0.2) is 8.42 Å². The predicted octanol–water partition coefficient (Wildman–Crippen LogP) is 6.34. The van der Waals surface area contributed by atoms with Crippen LogP contribution in [0.5, 0.6) is 11.5 Å². The number of halogens is 3. The highest BCUT2D eigenvalue weighted by atomic mass is 35.5. The number of carbonyl (C=O) groups excluding carboxylic acids is 2. The van der Waals surface area contributed by atoms with Crippen molar-refractivity contribution in [1.82, 2.24) is 10.2 Å². The molecule has 1 aliphatic carbocycles. The van der Waals surface area contributed by atoms with Crippen LogP contribution in [0.25, 0.3) is 0 Å². The smallest absolute Gasteiger partial charge is 0.264 e. The Morgan fingerprint density at radius 1 is 0.932 bits per heavy atom. The van der Waals surface area contributed by atoms with Crippen molar-refractivity contribution in [2.75, 3.05) is 25.1 Å². The molecule has 1 N–H and O–H groups in total. The van der Waals surface area contributed by atoms with E-state index < -0.39 is 28.5 Å². The average Bonchev–Trinajstić information content (AvgIpc) is 3.52. The zero-order valence-electron chi connectivity index (χ0n) is 24.6. The van der Waals surface area contributed by atoms with E-state index in [9.17, 15) is 18.0 Å². The number of benzene rings is 3. The van der Waals surface area contributed by atoms with Gasteiger partial charge in [0.05, 0.1) is 24.8 Å². The second-order valence-corrected chi connectivity index (χ2v) is 13.5. The van der Waals surface area contributed by atoms with Gasteiger partial charge in [-0.05, 0) is 68.3 Å². The first-order chi connectivity index (χ1) is 21.0. The molecule has 2 amide bonds. The molecule has 44 heavy (non-hydrogen) atoms. The molecule has 4 rings (SSSR count). The Labute approximate surface area is 273 Å². The summed E-state index contributed by atoms with van der Waals surface area (Å²) in [5.74, 6) is -0.461. The Hall–Kier alpha value is -3.18. The summed E-state index contributed by atoms with van der Waals surface area (Å²) in [5, 5.41) is 4.04. The molecule has 0 heterocycles. The molecule has 1 aliphatic rings. The SMILES string of the molecule is COc1ccc(S(=O)(=O)N(CC(=O)N(Cc2c(Cl)cccc2Cl)[C@@H](C)C(=O)NC2CCCC2)c2ccc(Cl)cc2)cc1OC. The second kappa shape index (κ2) is 14.7. The molecule has 236 valence electrons. The first-order valence-corrected chi connectivity index (χ1v) is 16.6. The highest BCUT2D eigenvalue weighted by molar-refractivity contribution is 7.92. The largest absolute Gasteiger partial charge is 0.493 e. The van der Waals surface area contributed by atoms with Gasteiger partial charge in [0.2, 0.25) is 11.8 Å². The van der Waals surface area contributed by atoms with Crippen molar-refractivity contribution in [2.24, 2.45) is 0 Å². The summed E-state index contributed by atoms with van der Waals surface area (Å²) in [6, 6.07) is 14.2. The molecule has 1 saturated carbocycles. The maximum Gasteiger partial charge on any atom is 0.264 e. The molecule has 1 fully saturated rings. The monoisotopic (exact) mass is 681 g/mol. The van der Waals surface area contributed by atoms with Crippen molar-refractivity contribution >= 4 is 62.3 Å².